The minimum absolute atomic E-state index is 0.239. The van der Waals surface area contributed by atoms with Crippen LogP contribution in [0.25, 0.3) is 6.08 Å². The highest BCUT2D eigenvalue weighted by molar-refractivity contribution is 5.75. The normalized spacial score (nSPS) is 23.6. The Balaban J connectivity index is 2.10. The van der Waals surface area contributed by atoms with Crippen LogP contribution < -0.4 is 0 Å². The summed E-state index contributed by atoms with van der Waals surface area (Å²) in [6.45, 7) is 0. The number of hydrogen-bond acceptors (Lipinski definition) is 2. The second kappa shape index (κ2) is 4.45. The Bertz CT molecular complexity index is 907. The molecule has 2 nitrogen and oxygen atoms in total. The molecule has 22 heavy (non-hydrogen) atoms. The smallest absolute Gasteiger partial charge is 0.0998 e. The van der Waals surface area contributed by atoms with Crippen molar-refractivity contribution < 1.29 is 0 Å². The summed E-state index contributed by atoms with van der Waals surface area (Å²) in [4.78, 5) is 0. The lowest BCUT2D eigenvalue weighted by atomic mass is 9.55. The summed E-state index contributed by atoms with van der Waals surface area (Å²) in [6, 6.07) is 18.3. The second-order valence-electron chi connectivity index (χ2n) is 5.65. The van der Waals surface area contributed by atoms with E-state index in [1.165, 1.54) is 5.56 Å². The van der Waals surface area contributed by atoms with Gasteiger partial charge in [-0.1, -0.05) is 54.6 Å². The van der Waals surface area contributed by atoms with Crippen molar-refractivity contribution in [1.82, 2.24) is 0 Å². The average molecular weight is 280 g/mol. The van der Waals surface area contributed by atoms with E-state index in [0.29, 0.717) is 11.1 Å². The van der Waals surface area contributed by atoms with Crippen LogP contribution in [0, 0.1) is 28.6 Å². The van der Waals surface area contributed by atoms with E-state index in [2.05, 4.69) is 42.5 Å². The Morgan fingerprint density at radius 2 is 1.59 bits per heavy atom. The summed E-state index contributed by atoms with van der Waals surface area (Å²) in [5, 5.41) is 19.0. The van der Waals surface area contributed by atoms with Gasteiger partial charge < -0.3 is 0 Å². The molecule has 0 aromatic heterocycles. The number of fused-ring (bicyclic) bond motifs is 3. The molecule has 0 radical (unpaired) electrons. The van der Waals surface area contributed by atoms with Crippen molar-refractivity contribution in [3.05, 3.63) is 88.5 Å². The van der Waals surface area contributed by atoms with Gasteiger partial charge in [-0.05, 0) is 28.8 Å². The third-order valence-electron chi connectivity index (χ3n) is 4.71. The van der Waals surface area contributed by atoms with Crippen molar-refractivity contribution in [2.24, 2.45) is 5.92 Å². The van der Waals surface area contributed by atoms with E-state index in [4.69, 9.17) is 0 Å². The van der Waals surface area contributed by atoms with Crippen LogP contribution in [-0.2, 0) is 5.41 Å². The summed E-state index contributed by atoms with van der Waals surface area (Å²) < 4.78 is 0. The standard InChI is InChI=1S/C20H12N2/c21-12-14-6-7-15(13-22)19-18(14)9-8-17-10-11-20(17,19)16-4-2-1-3-5-16/h1-11,17H. The van der Waals surface area contributed by atoms with E-state index in [1.807, 2.05) is 24.3 Å². The number of nitrogens with zero attached hydrogens (tertiary/aromatic N) is 2. The number of nitriles is 2. The van der Waals surface area contributed by atoms with Crippen LogP contribution in [0.2, 0.25) is 0 Å². The van der Waals surface area contributed by atoms with Crippen LogP contribution in [0.5, 0.6) is 0 Å². The maximum atomic E-state index is 9.57. The highest BCUT2D eigenvalue weighted by Gasteiger charge is 2.47. The maximum Gasteiger partial charge on any atom is 0.0998 e. The molecule has 0 heterocycles. The molecule has 2 atom stereocenters. The van der Waals surface area contributed by atoms with Crippen LogP contribution >= 0.6 is 0 Å². The van der Waals surface area contributed by atoms with Crippen molar-refractivity contribution in [3.63, 3.8) is 0 Å². The minimum atomic E-state index is -0.316. The molecule has 0 amide bonds. The molecule has 0 aliphatic heterocycles. The predicted octanol–water partition coefficient (Wildman–Crippen LogP) is 3.93. The van der Waals surface area contributed by atoms with E-state index in [1.54, 1.807) is 12.1 Å². The van der Waals surface area contributed by atoms with Crippen LogP contribution in [-0.4, -0.2) is 0 Å². The lowest BCUT2D eigenvalue weighted by Crippen LogP contribution is -2.42. The van der Waals surface area contributed by atoms with Crippen molar-refractivity contribution in [2.45, 2.75) is 5.41 Å². The molecule has 0 saturated heterocycles. The molecule has 2 aromatic carbocycles. The first-order valence-electron chi connectivity index (χ1n) is 7.22. The van der Waals surface area contributed by atoms with E-state index in [9.17, 15) is 10.5 Å². The molecule has 2 aliphatic rings. The first-order chi connectivity index (χ1) is 10.8. The molecule has 2 heteroatoms. The van der Waals surface area contributed by atoms with Gasteiger partial charge in [-0.15, -0.1) is 0 Å². The summed E-state index contributed by atoms with van der Waals surface area (Å²) in [6.07, 6.45) is 8.45. The average Bonchev–Trinajstić information content (AvgIpc) is 2.55. The van der Waals surface area contributed by atoms with Crippen molar-refractivity contribution >= 4 is 6.08 Å². The van der Waals surface area contributed by atoms with E-state index in [0.717, 1.165) is 11.1 Å². The lowest BCUT2D eigenvalue weighted by molar-refractivity contribution is 0.483. The third-order valence-corrected chi connectivity index (χ3v) is 4.71. The Labute approximate surface area is 129 Å². The Morgan fingerprint density at radius 3 is 2.23 bits per heavy atom. The van der Waals surface area contributed by atoms with E-state index >= 15 is 0 Å². The molecule has 2 unspecified atom stereocenters. The lowest BCUT2D eigenvalue weighted by Gasteiger charge is -2.46. The number of rotatable bonds is 1. The highest BCUT2D eigenvalue weighted by Crippen LogP contribution is 2.53. The SMILES string of the molecule is N#Cc1ccc(C#N)c2c1C=CC1C=CC21c1ccccc1. The van der Waals surface area contributed by atoms with Gasteiger partial charge in [-0.2, -0.15) is 10.5 Å². The molecular weight excluding hydrogens is 268 g/mol. The quantitative estimate of drug-likeness (QED) is 0.743. The summed E-state index contributed by atoms with van der Waals surface area (Å²) >= 11 is 0. The van der Waals surface area contributed by atoms with Gasteiger partial charge in [-0.3, -0.25) is 0 Å². The zero-order valence-corrected chi connectivity index (χ0v) is 11.8. The molecule has 0 fully saturated rings. The Kier molecular flexibility index (Phi) is 2.55. The molecule has 102 valence electrons. The van der Waals surface area contributed by atoms with Gasteiger partial charge in [0, 0.05) is 11.3 Å². The Morgan fingerprint density at radius 1 is 0.864 bits per heavy atom. The third kappa shape index (κ3) is 1.42. The molecule has 0 bridgehead atoms. The minimum Gasteiger partial charge on any atom is -0.192 e. The number of benzene rings is 2. The van der Waals surface area contributed by atoms with Crippen LogP contribution in [0.1, 0.15) is 27.8 Å². The fourth-order valence-corrected chi connectivity index (χ4v) is 3.64. The van der Waals surface area contributed by atoms with Crippen molar-refractivity contribution in [2.75, 3.05) is 0 Å². The topological polar surface area (TPSA) is 47.6 Å². The summed E-state index contributed by atoms with van der Waals surface area (Å²) in [5.74, 6) is 0.239. The summed E-state index contributed by atoms with van der Waals surface area (Å²) in [7, 11) is 0. The monoisotopic (exact) mass is 280 g/mol. The van der Waals surface area contributed by atoms with Crippen LogP contribution in [0.3, 0.4) is 0 Å². The van der Waals surface area contributed by atoms with Crippen molar-refractivity contribution in [3.8, 4) is 12.1 Å². The predicted molar refractivity (Wildman–Crippen MR) is 84.8 cm³/mol. The van der Waals surface area contributed by atoms with Gasteiger partial charge in [0.2, 0.25) is 0 Å². The largest absolute Gasteiger partial charge is 0.192 e. The van der Waals surface area contributed by atoms with E-state index < -0.39 is 0 Å². The molecule has 0 N–H and O–H groups in total. The van der Waals surface area contributed by atoms with Gasteiger partial charge >= 0.3 is 0 Å². The van der Waals surface area contributed by atoms with Gasteiger partial charge in [0.05, 0.1) is 23.3 Å². The first-order valence-corrected chi connectivity index (χ1v) is 7.22. The van der Waals surface area contributed by atoms with Crippen LogP contribution in [0.4, 0.5) is 0 Å². The molecule has 4 rings (SSSR count). The van der Waals surface area contributed by atoms with E-state index in [-0.39, 0.29) is 11.3 Å². The Hall–Kier alpha value is -3.10. The zero-order chi connectivity index (χ0) is 15.2. The number of allylic oxidation sites excluding steroid dienone is 3. The van der Waals surface area contributed by atoms with Crippen molar-refractivity contribution in [1.29, 1.82) is 10.5 Å². The fraction of sp³-hybridized carbons (Fsp3) is 0.100. The van der Waals surface area contributed by atoms with Crippen LogP contribution in [0.15, 0.2) is 60.7 Å². The second-order valence-corrected chi connectivity index (χ2v) is 5.65. The number of hydrogen-bond donors (Lipinski definition) is 0. The highest BCUT2D eigenvalue weighted by atomic mass is 14.5. The van der Waals surface area contributed by atoms with Gasteiger partial charge in [0.1, 0.15) is 0 Å². The summed E-state index contributed by atoms with van der Waals surface area (Å²) in [5.41, 5.74) is 3.97. The molecule has 0 saturated carbocycles. The zero-order valence-electron chi connectivity index (χ0n) is 11.8. The molecule has 2 aliphatic carbocycles. The van der Waals surface area contributed by atoms with Gasteiger partial charge in [0.25, 0.3) is 0 Å². The van der Waals surface area contributed by atoms with Gasteiger partial charge in [0.15, 0.2) is 0 Å². The maximum absolute atomic E-state index is 9.57. The fourth-order valence-electron chi connectivity index (χ4n) is 3.64. The molecular formula is C20H12N2. The van der Waals surface area contributed by atoms with Gasteiger partial charge in [-0.25, -0.2) is 0 Å². The molecule has 0 spiro atoms. The first kappa shape index (κ1) is 12.6. The molecule has 2 aromatic rings.